The Morgan fingerprint density at radius 1 is 1.62 bits per heavy atom. The summed E-state index contributed by atoms with van der Waals surface area (Å²) in [6.07, 6.45) is 3.65. The molecule has 0 aliphatic carbocycles. The maximum Gasteiger partial charge on any atom is 0.252 e. The Balaban J connectivity index is 1.66. The predicted molar refractivity (Wildman–Crippen MR) is 66.9 cm³/mol. The molecule has 1 aliphatic heterocycles. The minimum absolute atomic E-state index is 0.0602. The Labute approximate surface area is 100 Å². The van der Waals surface area contributed by atoms with Crippen LogP contribution in [0, 0.1) is 5.92 Å². The molecule has 2 N–H and O–H groups in total. The average molecular weight is 238 g/mol. The van der Waals surface area contributed by atoms with Crippen molar-refractivity contribution in [2.75, 3.05) is 19.6 Å². The predicted octanol–water partition coefficient (Wildman–Crippen LogP) is 1.87. The number of hydrogen-bond acceptors (Lipinski definition) is 3. The Morgan fingerprint density at radius 2 is 2.56 bits per heavy atom. The van der Waals surface area contributed by atoms with E-state index in [4.69, 9.17) is 0 Å². The fraction of sp³-hybridized carbons (Fsp3) is 0.583. The van der Waals surface area contributed by atoms with Gasteiger partial charge in [0, 0.05) is 17.5 Å². The number of hydrogen-bond donors (Lipinski definition) is 2. The lowest BCUT2D eigenvalue weighted by molar-refractivity contribution is 0.0951. The number of amides is 1. The van der Waals surface area contributed by atoms with Gasteiger partial charge in [-0.3, -0.25) is 4.79 Å². The normalized spacial score (nSPS) is 20.6. The second kappa shape index (κ2) is 6.01. The number of piperidine rings is 1. The van der Waals surface area contributed by atoms with Crippen molar-refractivity contribution in [3.63, 3.8) is 0 Å². The van der Waals surface area contributed by atoms with E-state index in [9.17, 15) is 4.79 Å². The van der Waals surface area contributed by atoms with Gasteiger partial charge in [-0.2, -0.15) is 11.3 Å². The Morgan fingerprint density at radius 3 is 3.25 bits per heavy atom. The maximum absolute atomic E-state index is 11.6. The lowest BCUT2D eigenvalue weighted by atomic mass is 9.96. The third-order valence-corrected chi connectivity index (χ3v) is 3.70. The van der Waals surface area contributed by atoms with Crippen molar-refractivity contribution in [2.45, 2.75) is 19.3 Å². The first-order chi connectivity index (χ1) is 7.86. The SMILES string of the molecule is O=C(NCCC1CCCNC1)c1ccsc1. The van der Waals surface area contributed by atoms with Gasteiger partial charge < -0.3 is 10.6 Å². The summed E-state index contributed by atoms with van der Waals surface area (Å²) in [6.45, 7) is 3.05. The topological polar surface area (TPSA) is 41.1 Å². The molecule has 1 aromatic heterocycles. The highest BCUT2D eigenvalue weighted by atomic mass is 32.1. The first-order valence-electron chi connectivity index (χ1n) is 5.87. The molecule has 1 aliphatic rings. The number of thiophene rings is 1. The third-order valence-electron chi connectivity index (χ3n) is 3.02. The van der Waals surface area contributed by atoms with Gasteiger partial charge in [0.1, 0.15) is 0 Å². The van der Waals surface area contributed by atoms with Crippen LogP contribution in [0.3, 0.4) is 0 Å². The first-order valence-corrected chi connectivity index (χ1v) is 6.81. The van der Waals surface area contributed by atoms with Crippen molar-refractivity contribution in [1.29, 1.82) is 0 Å². The van der Waals surface area contributed by atoms with Crippen LogP contribution in [-0.4, -0.2) is 25.5 Å². The van der Waals surface area contributed by atoms with E-state index in [0.29, 0.717) is 0 Å². The fourth-order valence-corrected chi connectivity index (χ4v) is 2.69. The first kappa shape index (κ1) is 11.6. The van der Waals surface area contributed by atoms with Gasteiger partial charge in [-0.1, -0.05) is 0 Å². The van der Waals surface area contributed by atoms with E-state index in [0.717, 1.165) is 37.5 Å². The molecule has 88 valence electrons. The van der Waals surface area contributed by atoms with E-state index in [2.05, 4.69) is 10.6 Å². The van der Waals surface area contributed by atoms with Crippen LogP contribution in [0.2, 0.25) is 0 Å². The highest BCUT2D eigenvalue weighted by Gasteiger charge is 2.13. The van der Waals surface area contributed by atoms with Crippen LogP contribution in [0.1, 0.15) is 29.6 Å². The van der Waals surface area contributed by atoms with Gasteiger partial charge in [-0.15, -0.1) is 0 Å². The minimum atomic E-state index is 0.0602. The standard InChI is InChI=1S/C12H18N2OS/c15-12(11-4-7-16-9-11)14-6-3-10-2-1-5-13-8-10/h4,7,9-10,13H,1-3,5-6,8H2,(H,14,15). The molecule has 0 bridgehead atoms. The second-order valence-corrected chi connectivity index (χ2v) is 5.05. The number of nitrogens with one attached hydrogen (secondary N) is 2. The van der Waals surface area contributed by atoms with Crippen molar-refractivity contribution < 1.29 is 4.79 Å². The molecule has 0 saturated carbocycles. The molecule has 1 saturated heterocycles. The molecule has 2 rings (SSSR count). The van der Waals surface area contributed by atoms with Gasteiger partial charge in [0.25, 0.3) is 5.91 Å². The van der Waals surface area contributed by atoms with Gasteiger partial charge in [0.2, 0.25) is 0 Å². The quantitative estimate of drug-likeness (QED) is 0.840. The van der Waals surface area contributed by atoms with Crippen LogP contribution in [0.25, 0.3) is 0 Å². The van der Waals surface area contributed by atoms with Crippen LogP contribution in [0.15, 0.2) is 16.8 Å². The fourth-order valence-electron chi connectivity index (χ4n) is 2.06. The molecule has 0 spiro atoms. The van der Waals surface area contributed by atoms with E-state index >= 15 is 0 Å². The molecule has 3 nitrogen and oxygen atoms in total. The third kappa shape index (κ3) is 3.32. The van der Waals surface area contributed by atoms with Crippen LogP contribution in [0.5, 0.6) is 0 Å². The molecule has 1 amide bonds. The van der Waals surface area contributed by atoms with Crippen molar-refractivity contribution in [3.8, 4) is 0 Å². The second-order valence-electron chi connectivity index (χ2n) is 4.27. The van der Waals surface area contributed by atoms with Crippen LogP contribution in [0.4, 0.5) is 0 Å². The molecule has 0 aromatic carbocycles. The summed E-state index contributed by atoms with van der Waals surface area (Å²) in [7, 11) is 0. The zero-order chi connectivity index (χ0) is 11.2. The van der Waals surface area contributed by atoms with Gasteiger partial charge in [0.05, 0.1) is 0 Å². The van der Waals surface area contributed by atoms with E-state index in [1.54, 1.807) is 11.3 Å². The summed E-state index contributed by atoms with van der Waals surface area (Å²) in [5.74, 6) is 0.793. The maximum atomic E-state index is 11.6. The zero-order valence-corrected chi connectivity index (χ0v) is 10.2. The highest BCUT2D eigenvalue weighted by molar-refractivity contribution is 7.08. The van der Waals surface area contributed by atoms with Crippen molar-refractivity contribution >= 4 is 17.2 Å². The molecule has 1 atom stereocenters. The number of rotatable bonds is 4. The lowest BCUT2D eigenvalue weighted by Gasteiger charge is -2.22. The Kier molecular flexibility index (Phi) is 4.36. The molecular formula is C12H18N2OS. The van der Waals surface area contributed by atoms with Gasteiger partial charge in [-0.25, -0.2) is 0 Å². The molecule has 4 heteroatoms. The van der Waals surface area contributed by atoms with Crippen LogP contribution in [-0.2, 0) is 0 Å². The van der Waals surface area contributed by atoms with Crippen molar-refractivity contribution in [1.82, 2.24) is 10.6 Å². The summed E-state index contributed by atoms with van der Waals surface area (Å²) in [6, 6.07) is 1.86. The minimum Gasteiger partial charge on any atom is -0.352 e. The van der Waals surface area contributed by atoms with E-state index in [1.165, 1.54) is 12.8 Å². The summed E-state index contributed by atoms with van der Waals surface area (Å²) in [4.78, 5) is 11.6. The summed E-state index contributed by atoms with van der Waals surface area (Å²) in [5, 5.41) is 10.2. The summed E-state index contributed by atoms with van der Waals surface area (Å²) in [5.41, 5.74) is 0.784. The highest BCUT2D eigenvalue weighted by Crippen LogP contribution is 2.13. The van der Waals surface area contributed by atoms with Gasteiger partial charge >= 0.3 is 0 Å². The van der Waals surface area contributed by atoms with E-state index in [-0.39, 0.29) is 5.91 Å². The molecule has 1 aromatic rings. The zero-order valence-electron chi connectivity index (χ0n) is 9.37. The monoisotopic (exact) mass is 238 g/mol. The number of carbonyl (C=O) groups is 1. The molecule has 1 unspecified atom stereocenters. The molecular weight excluding hydrogens is 220 g/mol. The van der Waals surface area contributed by atoms with Gasteiger partial charge in [-0.05, 0) is 49.7 Å². The lowest BCUT2D eigenvalue weighted by Crippen LogP contribution is -2.33. The smallest absolute Gasteiger partial charge is 0.252 e. The molecule has 1 fully saturated rings. The van der Waals surface area contributed by atoms with Crippen LogP contribution >= 0.6 is 11.3 Å². The van der Waals surface area contributed by atoms with Crippen molar-refractivity contribution in [2.24, 2.45) is 5.92 Å². The average Bonchev–Trinajstić information content (AvgIpc) is 2.84. The van der Waals surface area contributed by atoms with E-state index < -0.39 is 0 Å². The summed E-state index contributed by atoms with van der Waals surface area (Å²) < 4.78 is 0. The van der Waals surface area contributed by atoms with Crippen LogP contribution < -0.4 is 10.6 Å². The molecule has 0 radical (unpaired) electrons. The van der Waals surface area contributed by atoms with Gasteiger partial charge in [0.15, 0.2) is 0 Å². The molecule has 16 heavy (non-hydrogen) atoms. The Hall–Kier alpha value is -0.870. The number of carbonyl (C=O) groups excluding carboxylic acids is 1. The largest absolute Gasteiger partial charge is 0.352 e. The van der Waals surface area contributed by atoms with Crippen molar-refractivity contribution in [3.05, 3.63) is 22.4 Å². The summed E-state index contributed by atoms with van der Waals surface area (Å²) >= 11 is 1.56. The Bertz CT molecular complexity index is 318. The molecule has 2 heterocycles. The van der Waals surface area contributed by atoms with E-state index in [1.807, 2.05) is 16.8 Å².